The lowest BCUT2D eigenvalue weighted by Gasteiger charge is -2.10. The van der Waals surface area contributed by atoms with Gasteiger partial charge in [0.2, 0.25) is 0 Å². The summed E-state index contributed by atoms with van der Waals surface area (Å²) in [5.41, 5.74) is 1.40. The highest BCUT2D eigenvalue weighted by Crippen LogP contribution is 2.13. The molecule has 0 atom stereocenters. The molecule has 7 heteroatoms. The molecule has 1 N–H and O–H groups in total. The van der Waals surface area contributed by atoms with Crippen LogP contribution in [0.4, 0.5) is 0 Å². The number of carbonyl (C=O) groups excluding carboxylic acids is 1. The molecule has 2 rings (SSSR count). The van der Waals surface area contributed by atoms with E-state index in [0.29, 0.717) is 11.4 Å². The molecule has 20 heavy (non-hydrogen) atoms. The summed E-state index contributed by atoms with van der Waals surface area (Å²) in [5.74, 6) is -1.26. The lowest BCUT2D eigenvalue weighted by Crippen LogP contribution is -2.22. The summed E-state index contributed by atoms with van der Waals surface area (Å²) in [6.45, 7) is 1.62. The van der Waals surface area contributed by atoms with E-state index in [2.05, 4.69) is 10.1 Å². The van der Waals surface area contributed by atoms with Crippen molar-refractivity contribution in [2.24, 2.45) is 0 Å². The maximum absolute atomic E-state index is 11.8. The Balaban J connectivity index is 2.44. The first-order valence-electron chi connectivity index (χ1n) is 5.88. The third-order valence-electron chi connectivity index (χ3n) is 2.76. The Hall–Kier alpha value is -2.70. The molecule has 0 bridgehead atoms. The minimum Gasteiger partial charge on any atom is -0.478 e. The number of rotatable bonds is 3. The highest BCUT2D eigenvalue weighted by atomic mass is 16.4. The van der Waals surface area contributed by atoms with Crippen LogP contribution in [0.1, 0.15) is 26.5 Å². The van der Waals surface area contributed by atoms with E-state index in [-0.39, 0.29) is 17.2 Å². The molecule has 1 amide bonds. The van der Waals surface area contributed by atoms with E-state index in [1.54, 1.807) is 33.2 Å². The standard InChI is InChI=1S/C13H14N4O3/c1-8-10(13(19)20)7-17(15-8)9-4-5-14-11(6-9)12(18)16(2)3/h4-7H,1-3H3,(H,19,20). The number of hydrogen-bond donors (Lipinski definition) is 1. The number of aromatic nitrogens is 3. The molecular formula is C13H14N4O3. The van der Waals surface area contributed by atoms with Crippen LogP contribution in [0.25, 0.3) is 5.69 Å². The first kappa shape index (κ1) is 13.7. The Bertz CT molecular complexity index is 676. The average molecular weight is 274 g/mol. The summed E-state index contributed by atoms with van der Waals surface area (Å²) in [4.78, 5) is 28.3. The lowest BCUT2D eigenvalue weighted by atomic mass is 10.2. The molecule has 2 aromatic heterocycles. The van der Waals surface area contributed by atoms with E-state index in [9.17, 15) is 9.59 Å². The van der Waals surface area contributed by atoms with E-state index >= 15 is 0 Å². The van der Waals surface area contributed by atoms with Crippen molar-refractivity contribution in [1.82, 2.24) is 19.7 Å². The number of amides is 1. The molecule has 0 aliphatic rings. The molecule has 0 saturated carbocycles. The van der Waals surface area contributed by atoms with Gasteiger partial charge in [0.25, 0.3) is 5.91 Å². The lowest BCUT2D eigenvalue weighted by molar-refractivity contribution is 0.0695. The molecule has 0 fully saturated rings. The Morgan fingerprint density at radius 3 is 2.60 bits per heavy atom. The Morgan fingerprint density at radius 1 is 1.35 bits per heavy atom. The third kappa shape index (κ3) is 2.51. The van der Waals surface area contributed by atoms with Gasteiger partial charge in [-0.25, -0.2) is 9.48 Å². The van der Waals surface area contributed by atoms with Gasteiger partial charge in [0.05, 0.1) is 11.4 Å². The van der Waals surface area contributed by atoms with Crippen molar-refractivity contribution in [2.45, 2.75) is 6.92 Å². The Morgan fingerprint density at radius 2 is 2.05 bits per heavy atom. The first-order chi connectivity index (χ1) is 9.40. The molecule has 2 aromatic rings. The smallest absolute Gasteiger partial charge is 0.339 e. The number of pyridine rings is 1. The second kappa shape index (κ2) is 5.12. The van der Waals surface area contributed by atoms with E-state index in [0.717, 1.165) is 0 Å². The van der Waals surface area contributed by atoms with E-state index in [4.69, 9.17) is 5.11 Å². The monoisotopic (exact) mass is 274 g/mol. The number of carbonyl (C=O) groups is 2. The number of carboxylic acid groups (broad SMARTS) is 1. The van der Waals surface area contributed by atoms with Crippen molar-refractivity contribution >= 4 is 11.9 Å². The van der Waals surface area contributed by atoms with Crippen LogP contribution in [0.2, 0.25) is 0 Å². The number of carboxylic acids is 1. The van der Waals surface area contributed by atoms with Crippen LogP contribution < -0.4 is 0 Å². The number of aryl methyl sites for hydroxylation is 1. The zero-order valence-electron chi connectivity index (χ0n) is 11.4. The van der Waals surface area contributed by atoms with E-state index in [1.165, 1.54) is 22.0 Å². The normalized spacial score (nSPS) is 10.3. The van der Waals surface area contributed by atoms with Crippen molar-refractivity contribution in [3.8, 4) is 5.69 Å². The number of aromatic carboxylic acids is 1. The van der Waals surface area contributed by atoms with Crippen molar-refractivity contribution in [3.63, 3.8) is 0 Å². The fraction of sp³-hybridized carbons (Fsp3) is 0.231. The van der Waals surface area contributed by atoms with Gasteiger partial charge < -0.3 is 10.0 Å². The average Bonchev–Trinajstić information content (AvgIpc) is 2.80. The number of hydrogen-bond acceptors (Lipinski definition) is 4. The van der Waals surface area contributed by atoms with E-state index < -0.39 is 5.97 Å². The van der Waals surface area contributed by atoms with Crippen molar-refractivity contribution < 1.29 is 14.7 Å². The molecule has 7 nitrogen and oxygen atoms in total. The minimum atomic E-state index is -1.03. The van der Waals surface area contributed by atoms with Crippen LogP contribution in [-0.4, -0.2) is 50.7 Å². The third-order valence-corrected chi connectivity index (χ3v) is 2.76. The number of nitrogens with zero attached hydrogens (tertiary/aromatic N) is 4. The van der Waals surface area contributed by atoms with Crippen LogP contribution in [0.5, 0.6) is 0 Å². The van der Waals surface area contributed by atoms with Crippen molar-refractivity contribution in [1.29, 1.82) is 0 Å². The molecule has 104 valence electrons. The second-order valence-electron chi connectivity index (χ2n) is 4.48. The van der Waals surface area contributed by atoms with Gasteiger partial charge in [-0.2, -0.15) is 5.10 Å². The summed E-state index contributed by atoms with van der Waals surface area (Å²) < 4.78 is 1.42. The van der Waals surface area contributed by atoms with Crippen LogP contribution in [0, 0.1) is 6.92 Å². The van der Waals surface area contributed by atoms with Gasteiger partial charge in [-0.1, -0.05) is 0 Å². The van der Waals surface area contributed by atoms with Crippen molar-refractivity contribution in [2.75, 3.05) is 14.1 Å². The summed E-state index contributed by atoms with van der Waals surface area (Å²) in [6, 6.07) is 3.23. The summed E-state index contributed by atoms with van der Waals surface area (Å²) in [5, 5.41) is 13.1. The van der Waals surface area contributed by atoms with Crippen LogP contribution in [0.15, 0.2) is 24.5 Å². The molecule has 0 saturated heterocycles. The predicted octanol–water partition coefficient (Wildman–Crippen LogP) is 0.976. The van der Waals surface area contributed by atoms with Gasteiger partial charge in [-0.05, 0) is 19.1 Å². The molecule has 0 aliphatic carbocycles. The van der Waals surface area contributed by atoms with Gasteiger partial charge >= 0.3 is 5.97 Å². The van der Waals surface area contributed by atoms with Crippen molar-refractivity contribution in [3.05, 3.63) is 41.5 Å². The quantitative estimate of drug-likeness (QED) is 0.901. The van der Waals surface area contributed by atoms with E-state index in [1.807, 2.05) is 0 Å². The SMILES string of the molecule is Cc1nn(-c2ccnc(C(=O)N(C)C)c2)cc1C(=O)O. The Kier molecular flexibility index (Phi) is 3.51. The maximum atomic E-state index is 11.8. The van der Waals surface area contributed by atoms with Gasteiger partial charge in [0, 0.05) is 26.5 Å². The van der Waals surface area contributed by atoms with Gasteiger partial charge in [-0.3, -0.25) is 9.78 Å². The van der Waals surface area contributed by atoms with Gasteiger partial charge in [0.15, 0.2) is 0 Å². The minimum absolute atomic E-state index is 0.127. The second-order valence-corrected chi connectivity index (χ2v) is 4.48. The maximum Gasteiger partial charge on any atom is 0.339 e. The van der Waals surface area contributed by atoms with Gasteiger partial charge in [-0.15, -0.1) is 0 Å². The van der Waals surface area contributed by atoms with Crippen LogP contribution >= 0.6 is 0 Å². The highest BCUT2D eigenvalue weighted by molar-refractivity contribution is 5.92. The summed E-state index contributed by atoms with van der Waals surface area (Å²) in [6.07, 6.45) is 2.90. The zero-order chi connectivity index (χ0) is 14.9. The van der Waals surface area contributed by atoms with Gasteiger partial charge in [0.1, 0.15) is 11.3 Å². The molecule has 0 aliphatic heterocycles. The molecule has 2 heterocycles. The first-order valence-corrected chi connectivity index (χ1v) is 5.88. The summed E-state index contributed by atoms with van der Waals surface area (Å²) >= 11 is 0. The molecule has 0 radical (unpaired) electrons. The zero-order valence-corrected chi connectivity index (χ0v) is 11.4. The molecular weight excluding hydrogens is 260 g/mol. The van der Waals surface area contributed by atoms with Crippen LogP contribution in [-0.2, 0) is 0 Å². The highest BCUT2D eigenvalue weighted by Gasteiger charge is 2.14. The largest absolute Gasteiger partial charge is 0.478 e. The molecule has 0 spiro atoms. The molecule has 0 unspecified atom stereocenters. The predicted molar refractivity (Wildman–Crippen MR) is 71.1 cm³/mol. The fourth-order valence-electron chi connectivity index (χ4n) is 1.71. The summed E-state index contributed by atoms with van der Waals surface area (Å²) in [7, 11) is 3.27. The fourth-order valence-corrected chi connectivity index (χ4v) is 1.71. The Labute approximate surface area is 115 Å². The topological polar surface area (TPSA) is 88.3 Å². The molecule has 0 aromatic carbocycles. The van der Waals surface area contributed by atoms with Crippen LogP contribution in [0.3, 0.4) is 0 Å².